The van der Waals surface area contributed by atoms with Crippen LogP contribution in [-0.4, -0.2) is 9.97 Å². The lowest BCUT2D eigenvalue weighted by Gasteiger charge is -2.28. The first-order chi connectivity index (χ1) is 22.5. The largest absolute Gasteiger partial charge is 0.361 e. The second-order valence-corrected chi connectivity index (χ2v) is 13.9. The van der Waals surface area contributed by atoms with Gasteiger partial charge in [0, 0.05) is 72.0 Å². The van der Waals surface area contributed by atoms with Crippen LogP contribution < -0.4 is 0 Å². The van der Waals surface area contributed by atoms with Gasteiger partial charge in [0.1, 0.15) is 0 Å². The minimum Gasteiger partial charge on any atom is -0.361 e. The molecular weight excluding hydrogens is 692 g/mol. The Bertz CT molecular complexity index is 2300. The molecule has 8 rings (SSSR count). The van der Waals surface area contributed by atoms with Crippen LogP contribution in [0.15, 0.2) is 148 Å². The number of aryl methyl sites for hydroxylation is 1. The van der Waals surface area contributed by atoms with E-state index in [2.05, 4.69) is 188 Å². The molecule has 0 radical (unpaired) electrons. The van der Waals surface area contributed by atoms with Gasteiger partial charge in [-0.05, 0) is 83.3 Å². The van der Waals surface area contributed by atoms with Crippen molar-refractivity contribution in [3.05, 3.63) is 182 Å². The lowest BCUT2D eigenvalue weighted by Crippen LogP contribution is -2.14. The van der Waals surface area contributed by atoms with Crippen LogP contribution in [0.2, 0.25) is 0 Å². The lowest BCUT2D eigenvalue weighted by atomic mass is 9.73. The standard InChI is InChI=1S/C42H30Br2N2/c1-26-12-15-29(16-13-26)40-32(19-14-27-8-4-2-5-9-27)39(28-10-6-3-7-11-28)41(35-24-45-37-20-17-30(43)22-33(35)37)42(40)36-25-46-38-21-18-31(44)23-34(36)38/h2-13,15-18,20-25,39,41-42,45-46H,1H3/t39-,41+,42+/m0/s1. The maximum Gasteiger partial charge on any atom is 0.0457 e. The molecule has 3 atom stereocenters. The summed E-state index contributed by atoms with van der Waals surface area (Å²) in [6, 6.07) is 43.3. The molecule has 7 aromatic rings. The average Bonchev–Trinajstić information content (AvgIpc) is 3.78. The van der Waals surface area contributed by atoms with Crippen LogP contribution in [0.1, 0.15) is 51.1 Å². The molecule has 2 aromatic heterocycles. The van der Waals surface area contributed by atoms with Crippen LogP contribution in [-0.2, 0) is 0 Å². The van der Waals surface area contributed by atoms with Gasteiger partial charge < -0.3 is 9.97 Å². The van der Waals surface area contributed by atoms with E-state index in [-0.39, 0.29) is 17.8 Å². The molecule has 2 N–H and O–H groups in total. The second kappa shape index (κ2) is 12.0. The van der Waals surface area contributed by atoms with Crippen molar-refractivity contribution < 1.29 is 0 Å². The first-order valence-electron chi connectivity index (χ1n) is 15.5. The summed E-state index contributed by atoms with van der Waals surface area (Å²) in [5.41, 5.74) is 12.0. The number of aromatic amines is 2. The average molecular weight is 723 g/mol. The maximum absolute atomic E-state index is 3.80. The smallest absolute Gasteiger partial charge is 0.0457 e. The summed E-state index contributed by atoms with van der Waals surface area (Å²) < 4.78 is 2.13. The predicted octanol–water partition coefficient (Wildman–Crippen LogP) is 11.7. The minimum absolute atomic E-state index is 0.0220. The maximum atomic E-state index is 3.80. The van der Waals surface area contributed by atoms with Gasteiger partial charge >= 0.3 is 0 Å². The van der Waals surface area contributed by atoms with Gasteiger partial charge in [-0.15, -0.1) is 0 Å². The van der Waals surface area contributed by atoms with E-state index in [1.807, 2.05) is 6.07 Å². The Morgan fingerprint density at radius 2 is 1.17 bits per heavy atom. The second-order valence-electron chi connectivity index (χ2n) is 12.1. The van der Waals surface area contributed by atoms with Crippen molar-refractivity contribution in [3.63, 3.8) is 0 Å². The molecule has 0 aliphatic heterocycles. The van der Waals surface area contributed by atoms with Gasteiger partial charge in [0.2, 0.25) is 0 Å². The zero-order valence-corrected chi connectivity index (χ0v) is 28.4. The SMILES string of the molecule is Cc1ccc(C2=C(C#Cc3ccccc3)[C@H](c3ccccc3)[C@@H](c3c[nH]c4ccc(Br)cc34)[C@@H]2c2c[nH]c3ccc(Br)cc23)cc1. The molecule has 0 fully saturated rings. The zero-order chi connectivity index (χ0) is 31.2. The van der Waals surface area contributed by atoms with Gasteiger partial charge in [0.25, 0.3) is 0 Å². The van der Waals surface area contributed by atoms with Gasteiger partial charge in [-0.2, -0.15) is 0 Å². The van der Waals surface area contributed by atoms with E-state index in [1.165, 1.54) is 49.7 Å². The number of allylic oxidation sites excluding steroid dienone is 2. The molecule has 1 aliphatic carbocycles. The summed E-state index contributed by atoms with van der Waals surface area (Å²) >= 11 is 7.55. The van der Waals surface area contributed by atoms with Crippen LogP contribution in [0.25, 0.3) is 27.4 Å². The number of fused-ring (bicyclic) bond motifs is 2. The number of nitrogens with one attached hydrogen (secondary N) is 2. The highest BCUT2D eigenvalue weighted by Gasteiger charge is 2.46. The Morgan fingerprint density at radius 3 is 1.83 bits per heavy atom. The van der Waals surface area contributed by atoms with Crippen molar-refractivity contribution in [1.29, 1.82) is 0 Å². The molecule has 0 unspecified atom stereocenters. The van der Waals surface area contributed by atoms with E-state index in [4.69, 9.17) is 0 Å². The summed E-state index contributed by atoms with van der Waals surface area (Å²) in [7, 11) is 0. The Balaban J connectivity index is 1.49. The fourth-order valence-corrected chi connectivity index (χ4v) is 7.99. The topological polar surface area (TPSA) is 31.6 Å². The van der Waals surface area contributed by atoms with E-state index in [0.717, 1.165) is 25.5 Å². The summed E-state index contributed by atoms with van der Waals surface area (Å²) in [5.74, 6) is 7.50. The van der Waals surface area contributed by atoms with Crippen molar-refractivity contribution in [1.82, 2.24) is 9.97 Å². The minimum atomic E-state index is 0.0220. The number of halogens is 2. The molecular formula is C42H30Br2N2. The van der Waals surface area contributed by atoms with Gasteiger partial charge in [-0.3, -0.25) is 0 Å². The molecule has 5 aromatic carbocycles. The van der Waals surface area contributed by atoms with Crippen LogP contribution in [0, 0.1) is 18.8 Å². The van der Waals surface area contributed by atoms with Gasteiger partial charge in [-0.25, -0.2) is 0 Å². The fourth-order valence-electron chi connectivity index (χ4n) is 7.27. The van der Waals surface area contributed by atoms with Crippen molar-refractivity contribution in [2.45, 2.75) is 24.7 Å². The molecule has 4 heteroatoms. The van der Waals surface area contributed by atoms with Gasteiger partial charge in [0.15, 0.2) is 0 Å². The van der Waals surface area contributed by atoms with E-state index in [0.29, 0.717) is 0 Å². The highest BCUT2D eigenvalue weighted by Crippen LogP contribution is 2.61. The number of H-pyrrole nitrogens is 2. The molecule has 222 valence electrons. The monoisotopic (exact) mass is 720 g/mol. The van der Waals surface area contributed by atoms with Crippen LogP contribution in [0.3, 0.4) is 0 Å². The number of aromatic nitrogens is 2. The van der Waals surface area contributed by atoms with Crippen LogP contribution in [0.5, 0.6) is 0 Å². The molecule has 0 saturated heterocycles. The van der Waals surface area contributed by atoms with E-state index < -0.39 is 0 Å². The Kier molecular flexibility index (Phi) is 7.53. The zero-order valence-electron chi connectivity index (χ0n) is 25.2. The van der Waals surface area contributed by atoms with Gasteiger partial charge in [0.05, 0.1) is 0 Å². The predicted molar refractivity (Wildman–Crippen MR) is 198 cm³/mol. The van der Waals surface area contributed by atoms with E-state index in [1.54, 1.807) is 0 Å². The first-order valence-corrected chi connectivity index (χ1v) is 17.1. The molecule has 1 aliphatic rings. The van der Waals surface area contributed by atoms with Gasteiger partial charge in [-0.1, -0.05) is 122 Å². The summed E-state index contributed by atoms with van der Waals surface area (Å²) in [4.78, 5) is 7.24. The number of benzene rings is 5. The van der Waals surface area contributed by atoms with E-state index >= 15 is 0 Å². The van der Waals surface area contributed by atoms with Crippen LogP contribution in [0.4, 0.5) is 0 Å². The fraction of sp³-hybridized carbons (Fsp3) is 0.0952. The highest BCUT2D eigenvalue weighted by molar-refractivity contribution is 9.10. The normalized spacial score (nSPS) is 17.8. The quantitative estimate of drug-likeness (QED) is 0.170. The summed E-state index contributed by atoms with van der Waals surface area (Å²) in [5, 5.41) is 2.45. The third-order valence-corrected chi connectivity index (χ3v) is 10.3. The van der Waals surface area contributed by atoms with Crippen molar-refractivity contribution in [2.24, 2.45) is 0 Å². The third-order valence-electron chi connectivity index (χ3n) is 9.31. The van der Waals surface area contributed by atoms with Crippen molar-refractivity contribution in [2.75, 3.05) is 0 Å². The Morgan fingerprint density at radius 1 is 0.587 bits per heavy atom. The van der Waals surface area contributed by atoms with Crippen molar-refractivity contribution >= 4 is 59.2 Å². The third kappa shape index (κ3) is 5.14. The Hall–Kier alpha value is -4.56. The molecule has 2 heterocycles. The number of rotatable bonds is 4. The molecule has 0 bridgehead atoms. The summed E-state index contributed by atoms with van der Waals surface area (Å²) in [6.07, 6.45) is 4.46. The molecule has 2 nitrogen and oxygen atoms in total. The molecule has 46 heavy (non-hydrogen) atoms. The number of hydrogen-bond acceptors (Lipinski definition) is 0. The Labute approximate surface area is 285 Å². The van der Waals surface area contributed by atoms with E-state index in [9.17, 15) is 0 Å². The highest BCUT2D eigenvalue weighted by atomic mass is 79.9. The lowest BCUT2D eigenvalue weighted by molar-refractivity contribution is 0.606. The number of hydrogen-bond donors (Lipinski definition) is 2. The summed E-state index contributed by atoms with van der Waals surface area (Å²) in [6.45, 7) is 2.15. The molecule has 0 saturated carbocycles. The first kappa shape index (κ1) is 28.9. The molecule has 0 amide bonds. The van der Waals surface area contributed by atoms with Crippen LogP contribution >= 0.6 is 31.9 Å². The molecule has 0 spiro atoms. The van der Waals surface area contributed by atoms with Crippen molar-refractivity contribution in [3.8, 4) is 11.8 Å².